The molecule has 0 atom stereocenters. The van der Waals surface area contributed by atoms with E-state index >= 15 is 0 Å². The molecular formula is C29H33N5O. The van der Waals surface area contributed by atoms with Gasteiger partial charge in [-0.15, -0.1) is 0 Å². The first-order valence-electron chi connectivity index (χ1n) is 12.1. The lowest BCUT2D eigenvalue weighted by molar-refractivity contribution is 0.0920. The highest BCUT2D eigenvalue weighted by molar-refractivity contribution is 6.09. The quantitative estimate of drug-likeness (QED) is 0.249. The van der Waals surface area contributed by atoms with Crippen LogP contribution in [0.4, 0.5) is 17.2 Å². The maximum absolute atomic E-state index is 13.2. The molecule has 0 aliphatic heterocycles. The van der Waals surface area contributed by atoms with Crippen molar-refractivity contribution in [1.82, 2.24) is 15.3 Å². The number of amides is 1. The molecule has 6 nitrogen and oxygen atoms in total. The molecule has 4 aromatic rings. The van der Waals surface area contributed by atoms with Crippen LogP contribution in [0, 0.1) is 0 Å². The Morgan fingerprint density at radius 1 is 0.914 bits per heavy atom. The summed E-state index contributed by atoms with van der Waals surface area (Å²) in [5, 5.41) is 10.8. The van der Waals surface area contributed by atoms with Gasteiger partial charge in [0.05, 0.1) is 16.8 Å². The van der Waals surface area contributed by atoms with Gasteiger partial charge in [-0.1, -0.05) is 37.6 Å². The van der Waals surface area contributed by atoms with Crippen LogP contribution in [0.25, 0.3) is 22.0 Å². The molecule has 2 aromatic carbocycles. The van der Waals surface area contributed by atoms with Gasteiger partial charge in [0.15, 0.2) is 0 Å². The zero-order chi connectivity index (χ0) is 24.8. The van der Waals surface area contributed by atoms with E-state index in [0.29, 0.717) is 5.56 Å². The zero-order valence-electron chi connectivity index (χ0n) is 20.9. The van der Waals surface area contributed by atoms with Crippen molar-refractivity contribution in [3.8, 4) is 11.1 Å². The number of carbonyl (C=O) groups excluding carboxylic acids is 1. The van der Waals surface area contributed by atoms with Gasteiger partial charge in [0, 0.05) is 41.1 Å². The number of hydrogen-bond donors (Lipinski definition) is 3. The number of para-hydroxylation sites is 1. The summed E-state index contributed by atoms with van der Waals surface area (Å²) in [6.45, 7) is 8.99. The number of benzene rings is 2. The number of pyridine rings is 2. The summed E-state index contributed by atoms with van der Waals surface area (Å²) < 4.78 is 0. The Morgan fingerprint density at radius 3 is 2.37 bits per heavy atom. The summed E-state index contributed by atoms with van der Waals surface area (Å²) in [4.78, 5) is 22.4. The van der Waals surface area contributed by atoms with Crippen molar-refractivity contribution < 1.29 is 4.79 Å². The number of rotatable bonds is 8. The van der Waals surface area contributed by atoms with Crippen molar-refractivity contribution >= 4 is 34.0 Å². The molecular weight excluding hydrogens is 434 g/mol. The number of fused-ring (bicyclic) bond motifs is 1. The average molecular weight is 468 g/mol. The SMILES string of the molecule is CCCCNc1ccc(-c2ccc3ncc(C(=O)NC(C)(C)C)c(Nc4ccccc4)c3c2)cn1. The van der Waals surface area contributed by atoms with Gasteiger partial charge in [0.2, 0.25) is 0 Å². The smallest absolute Gasteiger partial charge is 0.255 e. The van der Waals surface area contributed by atoms with E-state index in [0.717, 1.165) is 58.6 Å². The fourth-order valence-corrected chi connectivity index (χ4v) is 3.82. The highest BCUT2D eigenvalue weighted by Crippen LogP contribution is 2.33. The molecule has 2 aromatic heterocycles. The second-order valence-corrected chi connectivity index (χ2v) is 9.69. The number of hydrogen-bond acceptors (Lipinski definition) is 5. The van der Waals surface area contributed by atoms with E-state index in [4.69, 9.17) is 0 Å². The highest BCUT2D eigenvalue weighted by Gasteiger charge is 2.21. The Morgan fingerprint density at radius 2 is 1.69 bits per heavy atom. The highest BCUT2D eigenvalue weighted by atomic mass is 16.1. The van der Waals surface area contributed by atoms with Crippen molar-refractivity contribution in [2.45, 2.75) is 46.1 Å². The van der Waals surface area contributed by atoms with Crippen molar-refractivity contribution in [3.63, 3.8) is 0 Å². The molecule has 3 N–H and O–H groups in total. The van der Waals surface area contributed by atoms with E-state index in [9.17, 15) is 4.79 Å². The lowest BCUT2D eigenvalue weighted by atomic mass is 10.0. The van der Waals surface area contributed by atoms with E-state index < -0.39 is 0 Å². The molecule has 0 unspecified atom stereocenters. The van der Waals surface area contributed by atoms with Crippen LogP contribution in [-0.2, 0) is 0 Å². The van der Waals surface area contributed by atoms with Crippen molar-refractivity contribution in [2.75, 3.05) is 17.2 Å². The second-order valence-electron chi connectivity index (χ2n) is 9.69. The molecule has 0 saturated carbocycles. The first kappa shape index (κ1) is 24.2. The molecule has 6 heteroatoms. The summed E-state index contributed by atoms with van der Waals surface area (Å²) in [6.07, 6.45) is 5.78. The van der Waals surface area contributed by atoms with E-state index in [1.807, 2.05) is 75.5 Å². The first-order chi connectivity index (χ1) is 16.8. The van der Waals surface area contributed by atoms with Crippen molar-refractivity contribution in [2.24, 2.45) is 0 Å². The van der Waals surface area contributed by atoms with Crippen LogP contribution in [0.3, 0.4) is 0 Å². The molecule has 2 heterocycles. The molecule has 0 radical (unpaired) electrons. The lowest BCUT2D eigenvalue weighted by Crippen LogP contribution is -2.40. The number of carbonyl (C=O) groups is 1. The molecule has 4 rings (SSSR count). The van der Waals surface area contributed by atoms with Crippen LogP contribution >= 0.6 is 0 Å². The standard InChI is InChI=1S/C29H33N5O/c1-5-6-16-30-26-15-13-21(18-32-26)20-12-14-25-23(17-20)27(33-22-10-8-7-9-11-22)24(19-31-25)28(35)34-29(2,3)4/h7-15,17-19H,5-6,16H2,1-4H3,(H,30,32)(H,31,33)(H,34,35). The predicted octanol–water partition coefficient (Wildman–Crippen LogP) is 6.78. The Labute approximate surface area is 207 Å². The number of anilines is 3. The number of aromatic nitrogens is 2. The summed E-state index contributed by atoms with van der Waals surface area (Å²) in [5.41, 5.74) is 4.60. The molecule has 1 amide bonds. The van der Waals surface area contributed by atoms with Gasteiger partial charge in [-0.25, -0.2) is 4.98 Å². The van der Waals surface area contributed by atoms with Crippen LogP contribution in [0.2, 0.25) is 0 Å². The van der Waals surface area contributed by atoms with Crippen LogP contribution in [-0.4, -0.2) is 28.0 Å². The largest absolute Gasteiger partial charge is 0.370 e. The number of unbranched alkanes of at least 4 members (excludes halogenated alkanes) is 1. The first-order valence-corrected chi connectivity index (χ1v) is 12.1. The van der Waals surface area contributed by atoms with E-state index in [-0.39, 0.29) is 11.4 Å². The molecule has 180 valence electrons. The predicted molar refractivity (Wildman–Crippen MR) is 145 cm³/mol. The maximum Gasteiger partial charge on any atom is 0.255 e. The third-order valence-electron chi connectivity index (χ3n) is 5.58. The Balaban J connectivity index is 1.76. The number of nitrogens with one attached hydrogen (secondary N) is 3. The summed E-state index contributed by atoms with van der Waals surface area (Å²) >= 11 is 0. The van der Waals surface area contributed by atoms with Crippen molar-refractivity contribution in [3.05, 3.63) is 78.6 Å². The van der Waals surface area contributed by atoms with Gasteiger partial charge < -0.3 is 16.0 Å². The van der Waals surface area contributed by atoms with Crippen LogP contribution in [0.5, 0.6) is 0 Å². The van der Waals surface area contributed by atoms with E-state index in [2.05, 4.69) is 45.0 Å². The Hall–Kier alpha value is -3.93. The van der Waals surface area contributed by atoms with Crippen LogP contribution in [0.15, 0.2) is 73.1 Å². The zero-order valence-corrected chi connectivity index (χ0v) is 20.9. The topological polar surface area (TPSA) is 78.9 Å². The van der Waals surface area contributed by atoms with Gasteiger partial charge in [-0.05, 0) is 69.2 Å². The molecule has 0 saturated heterocycles. The maximum atomic E-state index is 13.2. The van der Waals surface area contributed by atoms with Crippen molar-refractivity contribution in [1.29, 1.82) is 0 Å². The minimum Gasteiger partial charge on any atom is -0.370 e. The van der Waals surface area contributed by atoms with Crippen LogP contribution in [0.1, 0.15) is 50.9 Å². The number of nitrogens with zero attached hydrogens (tertiary/aromatic N) is 2. The molecule has 0 bridgehead atoms. The monoisotopic (exact) mass is 467 g/mol. The molecule has 0 fully saturated rings. The van der Waals surface area contributed by atoms with E-state index in [1.165, 1.54) is 0 Å². The van der Waals surface area contributed by atoms with Crippen LogP contribution < -0.4 is 16.0 Å². The lowest BCUT2D eigenvalue weighted by Gasteiger charge is -2.22. The average Bonchev–Trinajstić information content (AvgIpc) is 2.84. The normalized spacial score (nSPS) is 11.3. The summed E-state index contributed by atoms with van der Waals surface area (Å²) in [7, 11) is 0. The van der Waals surface area contributed by atoms with Gasteiger partial charge >= 0.3 is 0 Å². The minimum atomic E-state index is -0.365. The third-order valence-corrected chi connectivity index (χ3v) is 5.58. The van der Waals surface area contributed by atoms with Gasteiger partial charge in [-0.3, -0.25) is 9.78 Å². The van der Waals surface area contributed by atoms with E-state index in [1.54, 1.807) is 6.20 Å². The Kier molecular flexibility index (Phi) is 7.30. The summed E-state index contributed by atoms with van der Waals surface area (Å²) in [6, 6.07) is 20.0. The minimum absolute atomic E-state index is 0.167. The second kappa shape index (κ2) is 10.6. The summed E-state index contributed by atoms with van der Waals surface area (Å²) in [5.74, 6) is 0.706. The van der Waals surface area contributed by atoms with Gasteiger partial charge in [0.1, 0.15) is 5.82 Å². The molecule has 35 heavy (non-hydrogen) atoms. The van der Waals surface area contributed by atoms with Gasteiger partial charge in [-0.2, -0.15) is 0 Å². The molecule has 0 spiro atoms. The fraction of sp³-hybridized carbons (Fsp3) is 0.276. The molecule has 0 aliphatic rings. The van der Waals surface area contributed by atoms with Gasteiger partial charge in [0.25, 0.3) is 5.91 Å². The third kappa shape index (κ3) is 6.15. The fourth-order valence-electron chi connectivity index (χ4n) is 3.82. The molecule has 0 aliphatic carbocycles. The Bertz CT molecular complexity index is 1290.